The van der Waals surface area contributed by atoms with Crippen molar-refractivity contribution in [3.05, 3.63) is 51.4 Å². The quantitative estimate of drug-likeness (QED) is 0.451. The Hall–Kier alpha value is -3.11. The highest BCUT2D eigenvalue weighted by Gasteiger charge is 2.27. The molecule has 7 heteroatoms. The van der Waals surface area contributed by atoms with Gasteiger partial charge in [0.25, 0.3) is 5.91 Å². The van der Waals surface area contributed by atoms with Crippen molar-refractivity contribution in [2.75, 3.05) is 11.9 Å². The van der Waals surface area contributed by atoms with Crippen LogP contribution in [0.5, 0.6) is 5.75 Å². The minimum atomic E-state index is -0.602. The van der Waals surface area contributed by atoms with E-state index in [9.17, 15) is 20.0 Å². The van der Waals surface area contributed by atoms with Gasteiger partial charge in [0.1, 0.15) is 22.4 Å². The highest BCUT2D eigenvalue weighted by atomic mass is 32.1. The predicted molar refractivity (Wildman–Crippen MR) is 107 cm³/mol. The zero-order valence-corrected chi connectivity index (χ0v) is 16.3. The first kappa shape index (κ1) is 19.6. The number of hydrogen-bond donors (Lipinski definition) is 2. The number of fused-ring (bicyclic) bond motifs is 1. The molecule has 6 nitrogen and oxygen atoms in total. The summed E-state index contributed by atoms with van der Waals surface area (Å²) in [5.41, 5.74) is 1.76. The number of nitrogens with zero attached hydrogens (tertiary/aromatic N) is 1. The van der Waals surface area contributed by atoms with Crippen LogP contribution in [0.3, 0.4) is 0 Å². The van der Waals surface area contributed by atoms with Crippen molar-refractivity contribution in [2.45, 2.75) is 32.6 Å². The van der Waals surface area contributed by atoms with E-state index in [-0.39, 0.29) is 17.9 Å². The van der Waals surface area contributed by atoms with E-state index in [1.54, 1.807) is 19.1 Å². The topological polar surface area (TPSA) is 99.4 Å². The van der Waals surface area contributed by atoms with Gasteiger partial charge in [0.2, 0.25) is 0 Å². The number of phenols is 1. The molecular formula is C21H20N2O4S. The van der Waals surface area contributed by atoms with Crippen molar-refractivity contribution in [3.63, 3.8) is 0 Å². The standard InChI is InChI=1S/C21H20N2O4S/c1-2-27-21(26)18-16-8-3-4-9-17(16)28-20(18)23-19(25)14(12-22)10-13-6-5-7-15(24)11-13/h5-7,10-11,24H,2-4,8-9H2,1H3,(H,23,25)/b14-10+. The normalized spacial score (nSPS) is 13.4. The Morgan fingerprint density at radius 3 is 2.86 bits per heavy atom. The number of anilines is 1. The molecular weight excluding hydrogens is 376 g/mol. The van der Waals surface area contributed by atoms with Crippen molar-refractivity contribution in [3.8, 4) is 11.8 Å². The van der Waals surface area contributed by atoms with Gasteiger partial charge < -0.3 is 15.2 Å². The Kier molecular flexibility index (Phi) is 6.12. The average molecular weight is 396 g/mol. The van der Waals surface area contributed by atoms with E-state index < -0.39 is 11.9 Å². The number of aromatic hydroxyl groups is 1. The van der Waals surface area contributed by atoms with Crippen LogP contribution in [-0.2, 0) is 22.4 Å². The summed E-state index contributed by atoms with van der Waals surface area (Å²) in [4.78, 5) is 26.2. The molecule has 0 aliphatic heterocycles. The molecule has 1 aromatic carbocycles. The molecule has 0 atom stereocenters. The number of benzene rings is 1. The summed E-state index contributed by atoms with van der Waals surface area (Å²) in [5, 5.41) is 22.1. The molecule has 1 aromatic heterocycles. The molecule has 2 N–H and O–H groups in total. The van der Waals surface area contributed by atoms with Gasteiger partial charge in [-0.1, -0.05) is 12.1 Å². The van der Waals surface area contributed by atoms with Crippen LogP contribution in [0.25, 0.3) is 6.08 Å². The van der Waals surface area contributed by atoms with E-state index in [4.69, 9.17) is 4.74 Å². The molecule has 0 saturated heterocycles. The Morgan fingerprint density at radius 2 is 2.14 bits per heavy atom. The van der Waals surface area contributed by atoms with Crippen molar-refractivity contribution < 1.29 is 19.4 Å². The molecule has 3 rings (SSSR count). The molecule has 0 unspecified atom stereocenters. The van der Waals surface area contributed by atoms with E-state index in [0.29, 0.717) is 16.1 Å². The highest BCUT2D eigenvalue weighted by Crippen LogP contribution is 2.38. The lowest BCUT2D eigenvalue weighted by Crippen LogP contribution is -2.16. The molecule has 0 radical (unpaired) electrons. The minimum absolute atomic E-state index is 0.0435. The Balaban J connectivity index is 1.91. The predicted octanol–water partition coefficient (Wildman–Crippen LogP) is 4.05. The second-order valence-electron chi connectivity index (χ2n) is 6.35. The maximum atomic E-state index is 12.7. The van der Waals surface area contributed by atoms with Crippen molar-refractivity contribution >= 4 is 34.3 Å². The van der Waals surface area contributed by atoms with E-state index in [1.807, 2.05) is 6.07 Å². The first-order chi connectivity index (χ1) is 13.5. The van der Waals surface area contributed by atoms with E-state index in [1.165, 1.54) is 29.5 Å². The van der Waals surface area contributed by atoms with Gasteiger partial charge in [0, 0.05) is 4.88 Å². The number of thiophene rings is 1. The second kappa shape index (κ2) is 8.72. The lowest BCUT2D eigenvalue weighted by atomic mass is 9.95. The van der Waals surface area contributed by atoms with E-state index in [2.05, 4.69) is 5.32 Å². The van der Waals surface area contributed by atoms with Gasteiger partial charge in [-0.15, -0.1) is 11.3 Å². The first-order valence-corrected chi connectivity index (χ1v) is 9.89. The lowest BCUT2D eigenvalue weighted by molar-refractivity contribution is -0.112. The number of hydrogen-bond acceptors (Lipinski definition) is 6. The molecule has 1 aliphatic carbocycles. The highest BCUT2D eigenvalue weighted by molar-refractivity contribution is 7.17. The number of aryl methyl sites for hydroxylation is 1. The van der Waals surface area contributed by atoms with Gasteiger partial charge in [0.15, 0.2) is 0 Å². The molecule has 144 valence electrons. The van der Waals surface area contributed by atoms with E-state index in [0.717, 1.165) is 36.1 Å². The summed E-state index contributed by atoms with van der Waals surface area (Å²) in [6.45, 7) is 1.98. The molecule has 1 aliphatic rings. The van der Waals surface area contributed by atoms with Crippen LogP contribution in [-0.4, -0.2) is 23.6 Å². The molecule has 0 saturated carbocycles. The number of esters is 1. The van der Waals surface area contributed by atoms with Crippen LogP contribution in [0.1, 0.15) is 46.1 Å². The first-order valence-electron chi connectivity index (χ1n) is 9.07. The Labute approximate surface area is 167 Å². The molecule has 0 spiro atoms. The van der Waals surface area contributed by atoms with Crippen LogP contribution in [0.4, 0.5) is 5.00 Å². The van der Waals surface area contributed by atoms with Crippen molar-refractivity contribution in [2.24, 2.45) is 0 Å². The third-order valence-corrected chi connectivity index (χ3v) is 5.63. The van der Waals surface area contributed by atoms with Crippen LogP contribution in [0.2, 0.25) is 0 Å². The summed E-state index contributed by atoms with van der Waals surface area (Å²) < 4.78 is 5.18. The van der Waals surface area contributed by atoms with Gasteiger partial charge >= 0.3 is 5.97 Å². The minimum Gasteiger partial charge on any atom is -0.508 e. The maximum absolute atomic E-state index is 12.7. The SMILES string of the molecule is CCOC(=O)c1c(NC(=O)/C(C#N)=C/c2cccc(O)c2)sc2c1CCCC2. The smallest absolute Gasteiger partial charge is 0.341 e. The fourth-order valence-corrected chi connectivity index (χ4v) is 4.45. The van der Waals surface area contributed by atoms with Gasteiger partial charge in [0.05, 0.1) is 12.2 Å². The Morgan fingerprint density at radius 1 is 1.36 bits per heavy atom. The van der Waals surface area contributed by atoms with Crippen molar-refractivity contribution in [1.82, 2.24) is 0 Å². The zero-order chi connectivity index (χ0) is 20.1. The summed E-state index contributed by atoms with van der Waals surface area (Å²) in [6.07, 6.45) is 5.08. The summed E-state index contributed by atoms with van der Waals surface area (Å²) >= 11 is 1.37. The molecule has 1 amide bonds. The van der Waals surface area contributed by atoms with Crippen molar-refractivity contribution in [1.29, 1.82) is 5.26 Å². The van der Waals surface area contributed by atoms with Gasteiger partial charge in [-0.05, 0) is 61.9 Å². The average Bonchev–Trinajstić information content (AvgIpc) is 3.04. The number of carbonyl (C=O) groups is 2. The molecule has 2 aromatic rings. The third-order valence-electron chi connectivity index (χ3n) is 4.42. The number of carbonyl (C=O) groups excluding carboxylic acids is 2. The fourth-order valence-electron chi connectivity index (χ4n) is 3.17. The molecule has 0 fully saturated rings. The zero-order valence-electron chi connectivity index (χ0n) is 15.4. The largest absolute Gasteiger partial charge is 0.508 e. The lowest BCUT2D eigenvalue weighted by Gasteiger charge is -2.12. The van der Waals surface area contributed by atoms with Crippen LogP contribution >= 0.6 is 11.3 Å². The number of amides is 1. The maximum Gasteiger partial charge on any atom is 0.341 e. The van der Waals surface area contributed by atoms with E-state index >= 15 is 0 Å². The number of phenolic OH excluding ortho intramolecular Hbond substituents is 1. The molecule has 28 heavy (non-hydrogen) atoms. The number of nitriles is 1. The Bertz CT molecular complexity index is 985. The van der Waals surface area contributed by atoms with Crippen LogP contribution in [0.15, 0.2) is 29.8 Å². The fraction of sp³-hybridized carbons (Fsp3) is 0.286. The monoisotopic (exact) mass is 396 g/mol. The second-order valence-corrected chi connectivity index (χ2v) is 7.46. The summed E-state index contributed by atoms with van der Waals surface area (Å²) in [7, 11) is 0. The third kappa shape index (κ3) is 4.24. The van der Waals surface area contributed by atoms with Gasteiger partial charge in [-0.3, -0.25) is 4.79 Å². The molecule has 1 heterocycles. The van der Waals surface area contributed by atoms with Crippen LogP contribution < -0.4 is 5.32 Å². The summed E-state index contributed by atoms with van der Waals surface area (Å²) in [6, 6.07) is 8.15. The number of nitrogens with one attached hydrogen (secondary N) is 1. The summed E-state index contributed by atoms with van der Waals surface area (Å²) in [5.74, 6) is -1.01. The van der Waals surface area contributed by atoms with Crippen LogP contribution in [0, 0.1) is 11.3 Å². The number of rotatable bonds is 5. The number of ether oxygens (including phenoxy) is 1. The van der Waals surface area contributed by atoms with Gasteiger partial charge in [-0.2, -0.15) is 5.26 Å². The van der Waals surface area contributed by atoms with Gasteiger partial charge in [-0.25, -0.2) is 4.79 Å². The molecule has 0 bridgehead atoms.